The van der Waals surface area contributed by atoms with E-state index in [0.29, 0.717) is 18.7 Å². The maximum absolute atomic E-state index is 12.7. The van der Waals surface area contributed by atoms with Crippen LogP contribution in [0.4, 0.5) is 13.2 Å². The highest BCUT2D eigenvalue weighted by atomic mass is 19.4. The van der Waals surface area contributed by atoms with Gasteiger partial charge in [0.05, 0.1) is 5.56 Å². The molecule has 1 rings (SSSR count). The molecule has 1 aromatic carbocycles. The van der Waals surface area contributed by atoms with E-state index in [2.05, 4.69) is 25.7 Å². The van der Waals surface area contributed by atoms with Crippen LogP contribution in [0.5, 0.6) is 0 Å². The van der Waals surface area contributed by atoms with E-state index in [9.17, 15) is 13.2 Å². The molecule has 164 valence electrons. The summed E-state index contributed by atoms with van der Waals surface area (Å²) in [5, 5.41) is 0. The fourth-order valence-electron chi connectivity index (χ4n) is 2.12. The number of benzene rings is 1. The molecule has 0 amide bonds. The Bertz CT molecular complexity index is 440. The quantitative estimate of drug-likeness (QED) is 0.442. The molecule has 0 heterocycles. The van der Waals surface area contributed by atoms with Crippen molar-refractivity contribution >= 4 is 7.98 Å². The predicted molar refractivity (Wildman–Crippen MR) is 119 cm³/mol. The summed E-state index contributed by atoms with van der Waals surface area (Å²) in [6.45, 7) is 19.8. The van der Waals surface area contributed by atoms with Crippen LogP contribution >= 0.6 is 0 Å². The molecule has 0 atom stereocenters. The number of hydrogen-bond acceptors (Lipinski definition) is 2. The molecule has 0 aliphatic carbocycles. The van der Waals surface area contributed by atoms with Gasteiger partial charge in [0.25, 0.3) is 0 Å². The van der Waals surface area contributed by atoms with Crippen LogP contribution in [0.2, 0.25) is 0 Å². The lowest BCUT2D eigenvalue weighted by Gasteiger charge is -2.24. The second-order valence-corrected chi connectivity index (χ2v) is 5.81. The van der Waals surface area contributed by atoms with Gasteiger partial charge in [0.1, 0.15) is 0 Å². The van der Waals surface area contributed by atoms with Crippen molar-refractivity contribution in [2.45, 2.75) is 81.0 Å². The van der Waals surface area contributed by atoms with Crippen LogP contribution in [0.15, 0.2) is 24.3 Å². The van der Waals surface area contributed by atoms with Gasteiger partial charge < -0.3 is 4.81 Å². The molecular formula is C22H42BF3N2. The summed E-state index contributed by atoms with van der Waals surface area (Å²) >= 11 is 0. The van der Waals surface area contributed by atoms with Crippen molar-refractivity contribution in [2.24, 2.45) is 0 Å². The Morgan fingerprint density at radius 2 is 1.43 bits per heavy atom. The highest BCUT2D eigenvalue weighted by Gasteiger charge is 2.30. The molecule has 0 fully saturated rings. The van der Waals surface area contributed by atoms with Crippen LogP contribution in [0.1, 0.15) is 79.4 Å². The Morgan fingerprint density at radius 3 is 1.86 bits per heavy atom. The van der Waals surface area contributed by atoms with Crippen LogP contribution in [0.25, 0.3) is 0 Å². The molecule has 0 spiro atoms. The van der Waals surface area contributed by atoms with Gasteiger partial charge in [0, 0.05) is 13.1 Å². The Labute approximate surface area is 173 Å². The maximum atomic E-state index is 12.7. The number of likely N-dealkylation sites (N-methyl/N-ethyl adjacent to an activating group) is 1. The molecule has 0 saturated carbocycles. The van der Waals surface area contributed by atoms with Gasteiger partial charge in [-0.05, 0) is 37.7 Å². The molecular weight excluding hydrogens is 360 g/mol. The summed E-state index contributed by atoms with van der Waals surface area (Å²) in [6.07, 6.45) is -2.06. The third kappa shape index (κ3) is 17.1. The van der Waals surface area contributed by atoms with E-state index in [1.54, 1.807) is 10.9 Å². The van der Waals surface area contributed by atoms with E-state index in [0.717, 1.165) is 32.1 Å². The first-order chi connectivity index (χ1) is 13.3. The average Bonchev–Trinajstić information content (AvgIpc) is 2.68. The molecule has 28 heavy (non-hydrogen) atoms. The van der Waals surface area contributed by atoms with E-state index in [1.165, 1.54) is 18.6 Å². The molecule has 0 aliphatic rings. The van der Waals surface area contributed by atoms with E-state index in [-0.39, 0.29) is 0 Å². The normalized spacial score (nSPS) is 10.3. The Hall–Kier alpha value is -1.01. The van der Waals surface area contributed by atoms with E-state index in [1.807, 2.05) is 34.6 Å². The second kappa shape index (κ2) is 20.7. The Morgan fingerprint density at radius 1 is 0.893 bits per heavy atom. The first kappa shape index (κ1) is 31.7. The lowest BCUT2D eigenvalue weighted by atomic mass is 10.1. The minimum absolute atomic E-state index is 0.500. The van der Waals surface area contributed by atoms with Crippen molar-refractivity contribution in [1.29, 1.82) is 0 Å². The standard InChI is InChI=1S/C15H22BF3N2.C3H8.2C2H6/c1-3-8-21(16)10-9-20(4-2)12-13-6-5-7-14(11-13)15(17,18)19;1-3-2;2*1-2/h5-7,11H,3-4,8-10,12H2,1-2H3;3H2,1-2H3;2*1-2H3. The number of halogens is 3. The van der Waals surface area contributed by atoms with Crippen molar-refractivity contribution in [2.75, 3.05) is 26.2 Å². The molecule has 2 radical (unpaired) electrons. The third-order valence-corrected chi connectivity index (χ3v) is 3.32. The molecule has 0 unspecified atom stereocenters. The first-order valence-electron chi connectivity index (χ1n) is 10.7. The Kier molecular flexibility index (Phi) is 23.4. The van der Waals surface area contributed by atoms with Crippen LogP contribution in [0.3, 0.4) is 0 Å². The number of nitrogens with zero attached hydrogens (tertiary/aromatic N) is 2. The molecule has 6 heteroatoms. The van der Waals surface area contributed by atoms with Crippen LogP contribution in [-0.2, 0) is 12.7 Å². The van der Waals surface area contributed by atoms with Gasteiger partial charge in [-0.3, -0.25) is 4.90 Å². The summed E-state index contributed by atoms with van der Waals surface area (Å²) in [7, 11) is 5.82. The molecule has 1 aromatic rings. The van der Waals surface area contributed by atoms with E-state index >= 15 is 0 Å². The van der Waals surface area contributed by atoms with Gasteiger partial charge >= 0.3 is 6.18 Å². The van der Waals surface area contributed by atoms with E-state index in [4.69, 9.17) is 7.98 Å². The van der Waals surface area contributed by atoms with Gasteiger partial charge in [-0.1, -0.05) is 80.0 Å². The monoisotopic (exact) mass is 402 g/mol. The molecule has 0 aromatic heterocycles. The third-order valence-electron chi connectivity index (χ3n) is 3.32. The zero-order chi connectivity index (χ0) is 22.6. The second-order valence-electron chi connectivity index (χ2n) is 5.81. The fourth-order valence-corrected chi connectivity index (χ4v) is 2.12. The van der Waals surface area contributed by atoms with Gasteiger partial charge in [-0.15, -0.1) is 0 Å². The molecule has 0 saturated heterocycles. The largest absolute Gasteiger partial charge is 0.416 e. The SMILES string of the molecule is CC.CC.CCC.[B]N(CCC)CCN(CC)Cc1cccc(C(F)(F)F)c1. The maximum Gasteiger partial charge on any atom is 0.416 e. The summed E-state index contributed by atoms with van der Waals surface area (Å²) in [6, 6.07) is 5.50. The van der Waals surface area contributed by atoms with Gasteiger partial charge in [0.2, 0.25) is 0 Å². The number of hydrogen-bond donors (Lipinski definition) is 0. The van der Waals surface area contributed by atoms with Crippen molar-refractivity contribution in [3.8, 4) is 0 Å². The van der Waals surface area contributed by atoms with Crippen LogP contribution < -0.4 is 0 Å². The average molecular weight is 402 g/mol. The first-order valence-corrected chi connectivity index (χ1v) is 10.7. The summed E-state index contributed by atoms with van der Waals surface area (Å²) in [5.41, 5.74) is 0.0771. The smallest absolute Gasteiger partial charge is 0.352 e. The minimum Gasteiger partial charge on any atom is -0.352 e. The summed E-state index contributed by atoms with van der Waals surface area (Å²) in [5.74, 6) is 0. The number of rotatable bonds is 8. The highest BCUT2D eigenvalue weighted by Crippen LogP contribution is 2.29. The highest BCUT2D eigenvalue weighted by molar-refractivity contribution is 6.04. The van der Waals surface area contributed by atoms with Gasteiger partial charge in [0.15, 0.2) is 7.98 Å². The van der Waals surface area contributed by atoms with Crippen LogP contribution in [0, 0.1) is 0 Å². The molecule has 0 N–H and O–H groups in total. The van der Waals surface area contributed by atoms with Crippen LogP contribution in [-0.4, -0.2) is 43.9 Å². The predicted octanol–water partition coefficient (Wildman–Crippen LogP) is 6.79. The minimum atomic E-state index is -4.29. The lowest BCUT2D eigenvalue weighted by Crippen LogP contribution is -2.34. The van der Waals surface area contributed by atoms with Crippen molar-refractivity contribution in [3.63, 3.8) is 0 Å². The fraction of sp³-hybridized carbons (Fsp3) is 0.727. The summed E-state index contributed by atoms with van der Waals surface area (Å²) in [4.78, 5) is 3.83. The zero-order valence-electron chi connectivity index (χ0n) is 19.4. The molecule has 0 aliphatic heterocycles. The zero-order valence-corrected chi connectivity index (χ0v) is 19.4. The van der Waals surface area contributed by atoms with Crippen molar-refractivity contribution in [1.82, 2.24) is 9.71 Å². The summed E-state index contributed by atoms with van der Waals surface area (Å²) < 4.78 is 38.1. The topological polar surface area (TPSA) is 6.48 Å². The van der Waals surface area contributed by atoms with Crippen molar-refractivity contribution in [3.05, 3.63) is 35.4 Å². The Balaban J connectivity index is -0.000000789. The molecule has 0 bridgehead atoms. The van der Waals surface area contributed by atoms with Crippen molar-refractivity contribution < 1.29 is 13.2 Å². The van der Waals surface area contributed by atoms with Gasteiger partial charge in [-0.25, -0.2) is 0 Å². The number of alkyl halides is 3. The van der Waals surface area contributed by atoms with E-state index < -0.39 is 11.7 Å². The van der Waals surface area contributed by atoms with Gasteiger partial charge in [-0.2, -0.15) is 13.2 Å². The molecule has 2 nitrogen and oxygen atoms in total. The lowest BCUT2D eigenvalue weighted by molar-refractivity contribution is -0.137.